The van der Waals surface area contributed by atoms with Gasteiger partial charge in [-0.25, -0.2) is 0 Å². The van der Waals surface area contributed by atoms with Crippen LogP contribution in [0, 0.1) is 9.81 Å². The van der Waals surface area contributed by atoms with Crippen LogP contribution in [0.5, 0.6) is 0 Å². The molecule has 0 bridgehead atoms. The summed E-state index contributed by atoms with van der Waals surface area (Å²) < 4.78 is 2.83. The minimum absolute atomic E-state index is 0.0978. The van der Waals surface area contributed by atoms with Crippen molar-refractivity contribution in [3.8, 4) is 0 Å². The Hall–Kier alpha value is 0.0800. The highest BCUT2D eigenvalue weighted by Gasteiger charge is 2.12. The van der Waals surface area contributed by atoms with E-state index in [0.717, 1.165) is 23.1 Å². The normalized spacial score (nSPS) is 10.4. The zero-order valence-electron chi connectivity index (χ0n) is 9.26. The number of carbonyl (C=O) groups excluding carboxylic acids is 1. The molecular formula is C12H8Br2INOS. The number of thiophene rings is 1. The summed E-state index contributed by atoms with van der Waals surface area (Å²) in [6.07, 6.45) is 0. The molecule has 0 fully saturated rings. The van der Waals surface area contributed by atoms with E-state index < -0.39 is 0 Å². The molecule has 94 valence electrons. The van der Waals surface area contributed by atoms with Gasteiger partial charge in [0.2, 0.25) is 0 Å². The molecule has 1 N–H and O–H groups in total. The molecule has 1 aromatic heterocycles. The molecule has 0 radical (unpaired) electrons. The van der Waals surface area contributed by atoms with Gasteiger partial charge in [-0.3, -0.25) is 4.79 Å². The second-order valence-electron chi connectivity index (χ2n) is 3.70. The van der Waals surface area contributed by atoms with E-state index in [2.05, 4.69) is 59.8 Å². The van der Waals surface area contributed by atoms with Crippen molar-refractivity contribution in [2.24, 2.45) is 0 Å². The molecule has 0 spiro atoms. The van der Waals surface area contributed by atoms with Gasteiger partial charge in [0.15, 0.2) is 0 Å². The van der Waals surface area contributed by atoms with E-state index in [-0.39, 0.29) is 5.91 Å². The first-order valence-electron chi connectivity index (χ1n) is 4.98. The molecule has 2 nitrogen and oxygen atoms in total. The van der Waals surface area contributed by atoms with Gasteiger partial charge < -0.3 is 5.32 Å². The topological polar surface area (TPSA) is 29.1 Å². The Morgan fingerprint density at radius 2 is 1.89 bits per heavy atom. The Bertz CT molecular complexity index is 589. The summed E-state index contributed by atoms with van der Waals surface area (Å²) in [5.74, 6) is -0.0978. The second-order valence-corrected chi connectivity index (χ2v) is 8.21. The maximum Gasteiger partial charge on any atom is 0.256 e. The highest BCUT2D eigenvalue weighted by molar-refractivity contribution is 14.1. The molecule has 0 aliphatic carbocycles. The van der Waals surface area contributed by atoms with Crippen molar-refractivity contribution in [3.63, 3.8) is 0 Å². The largest absolute Gasteiger partial charge is 0.320 e. The minimum atomic E-state index is -0.0978. The molecule has 18 heavy (non-hydrogen) atoms. The summed E-state index contributed by atoms with van der Waals surface area (Å²) in [6, 6.07) is 5.81. The Labute approximate surface area is 140 Å². The van der Waals surface area contributed by atoms with Crippen molar-refractivity contribution in [2.45, 2.75) is 6.92 Å². The van der Waals surface area contributed by atoms with Crippen LogP contribution < -0.4 is 5.32 Å². The number of nitrogens with one attached hydrogen (secondary N) is 1. The molecule has 0 unspecified atom stereocenters. The lowest BCUT2D eigenvalue weighted by Crippen LogP contribution is -2.11. The van der Waals surface area contributed by atoms with Gasteiger partial charge in [-0.1, -0.05) is 0 Å². The van der Waals surface area contributed by atoms with Gasteiger partial charge >= 0.3 is 0 Å². The van der Waals surface area contributed by atoms with Gasteiger partial charge in [-0.2, -0.15) is 0 Å². The molecular weight excluding hydrogens is 493 g/mol. The van der Waals surface area contributed by atoms with Crippen LogP contribution in [-0.2, 0) is 0 Å². The van der Waals surface area contributed by atoms with Crippen LogP contribution in [0.15, 0.2) is 32.5 Å². The number of benzene rings is 1. The fourth-order valence-electron chi connectivity index (χ4n) is 1.43. The lowest BCUT2D eigenvalue weighted by molar-refractivity contribution is 0.102. The Balaban J connectivity index is 2.27. The molecule has 0 atom stereocenters. The number of anilines is 1. The third kappa shape index (κ3) is 3.34. The van der Waals surface area contributed by atoms with Crippen LogP contribution in [0.2, 0.25) is 0 Å². The molecule has 0 saturated heterocycles. The summed E-state index contributed by atoms with van der Waals surface area (Å²) in [6.45, 7) is 2.00. The third-order valence-corrected chi connectivity index (χ3v) is 5.29. The van der Waals surface area contributed by atoms with Crippen LogP contribution in [0.3, 0.4) is 0 Å². The van der Waals surface area contributed by atoms with Crippen LogP contribution in [-0.4, -0.2) is 5.91 Å². The highest BCUT2D eigenvalue weighted by Crippen LogP contribution is 2.32. The number of rotatable bonds is 2. The third-order valence-electron chi connectivity index (χ3n) is 2.25. The lowest BCUT2D eigenvalue weighted by atomic mass is 10.2. The van der Waals surface area contributed by atoms with E-state index in [1.165, 1.54) is 0 Å². The molecule has 0 saturated carbocycles. The fourth-order valence-corrected chi connectivity index (χ4v) is 4.37. The predicted molar refractivity (Wildman–Crippen MR) is 91.6 cm³/mol. The molecule has 1 amide bonds. The van der Waals surface area contributed by atoms with Crippen molar-refractivity contribution in [1.29, 1.82) is 0 Å². The number of amides is 1. The van der Waals surface area contributed by atoms with E-state index in [9.17, 15) is 4.79 Å². The van der Waals surface area contributed by atoms with Crippen LogP contribution in [0.25, 0.3) is 0 Å². The zero-order valence-corrected chi connectivity index (χ0v) is 15.4. The lowest BCUT2D eigenvalue weighted by Gasteiger charge is -2.10. The molecule has 2 rings (SSSR count). The van der Waals surface area contributed by atoms with Gasteiger partial charge in [0, 0.05) is 14.3 Å². The van der Waals surface area contributed by atoms with Gasteiger partial charge in [0.25, 0.3) is 5.91 Å². The van der Waals surface area contributed by atoms with E-state index in [1.54, 1.807) is 11.3 Å². The first-order valence-corrected chi connectivity index (χ1v) is 8.53. The van der Waals surface area contributed by atoms with Crippen molar-refractivity contribution in [3.05, 3.63) is 46.5 Å². The average Bonchev–Trinajstić information content (AvgIpc) is 2.70. The quantitative estimate of drug-likeness (QED) is 0.547. The SMILES string of the molecule is Cc1cc(Br)c(NC(=O)c2csc(I)c2)c(Br)c1. The van der Waals surface area contributed by atoms with Gasteiger partial charge in [0.05, 0.1) is 14.1 Å². The summed E-state index contributed by atoms with van der Waals surface area (Å²) in [5, 5.41) is 4.76. The Morgan fingerprint density at radius 1 is 1.28 bits per heavy atom. The van der Waals surface area contributed by atoms with Crippen molar-refractivity contribution in [2.75, 3.05) is 5.32 Å². The van der Waals surface area contributed by atoms with Crippen molar-refractivity contribution in [1.82, 2.24) is 0 Å². The van der Waals surface area contributed by atoms with Gasteiger partial charge in [0.1, 0.15) is 0 Å². The molecule has 0 aliphatic heterocycles. The average molecular weight is 501 g/mol. The maximum absolute atomic E-state index is 12.1. The van der Waals surface area contributed by atoms with Crippen molar-refractivity contribution < 1.29 is 4.79 Å². The summed E-state index contributed by atoms with van der Waals surface area (Å²) >= 11 is 10.7. The van der Waals surface area contributed by atoms with Crippen LogP contribution >= 0.6 is 65.8 Å². The number of aryl methyl sites for hydroxylation is 1. The number of halogens is 3. The fraction of sp³-hybridized carbons (Fsp3) is 0.0833. The monoisotopic (exact) mass is 499 g/mol. The Morgan fingerprint density at radius 3 is 2.39 bits per heavy atom. The summed E-state index contributed by atoms with van der Waals surface area (Å²) in [5.41, 5.74) is 2.56. The van der Waals surface area contributed by atoms with Crippen LogP contribution in [0.1, 0.15) is 15.9 Å². The minimum Gasteiger partial charge on any atom is -0.320 e. The predicted octanol–water partition coefficient (Wildman–Crippen LogP) is 5.44. The van der Waals surface area contributed by atoms with Crippen molar-refractivity contribution >= 4 is 77.4 Å². The van der Waals surface area contributed by atoms with Crippen LogP contribution in [0.4, 0.5) is 5.69 Å². The highest BCUT2D eigenvalue weighted by atomic mass is 127. The summed E-state index contributed by atoms with van der Waals surface area (Å²) in [7, 11) is 0. The number of hydrogen-bond donors (Lipinski definition) is 1. The number of carbonyl (C=O) groups is 1. The first kappa shape index (κ1) is 14.5. The molecule has 1 heterocycles. The standard InChI is InChI=1S/C12H8Br2INOS/c1-6-2-8(13)11(9(14)3-6)16-12(17)7-4-10(15)18-5-7/h2-5H,1H3,(H,16,17). The zero-order chi connectivity index (χ0) is 13.3. The molecule has 6 heteroatoms. The van der Waals surface area contributed by atoms with E-state index >= 15 is 0 Å². The van der Waals surface area contributed by atoms with Gasteiger partial charge in [-0.15, -0.1) is 11.3 Å². The Kier molecular flexibility index (Phi) is 4.85. The summed E-state index contributed by atoms with van der Waals surface area (Å²) in [4.78, 5) is 12.1. The smallest absolute Gasteiger partial charge is 0.256 e. The molecule has 0 aliphatic rings. The molecule has 1 aromatic carbocycles. The maximum atomic E-state index is 12.1. The van der Waals surface area contributed by atoms with E-state index in [4.69, 9.17) is 0 Å². The molecule has 2 aromatic rings. The van der Waals surface area contributed by atoms with Gasteiger partial charge in [-0.05, 0) is 85.1 Å². The number of hydrogen-bond acceptors (Lipinski definition) is 2. The van der Waals surface area contributed by atoms with E-state index in [1.807, 2.05) is 30.5 Å². The van der Waals surface area contributed by atoms with E-state index in [0.29, 0.717) is 5.56 Å². The second kappa shape index (κ2) is 6.02. The first-order chi connectivity index (χ1) is 8.47.